The van der Waals surface area contributed by atoms with Crippen LogP contribution >= 0.6 is 0 Å². The van der Waals surface area contributed by atoms with Gasteiger partial charge in [-0.05, 0) is 12.5 Å². The molecule has 1 aromatic heterocycles. The molecule has 0 radical (unpaired) electrons. The Labute approximate surface area is 116 Å². The van der Waals surface area contributed by atoms with Crippen LogP contribution in [0.5, 0.6) is 0 Å². The first-order chi connectivity index (χ1) is 9.58. The molecule has 104 valence electrons. The minimum Gasteiger partial charge on any atom is -0.480 e. The molecule has 6 heteroatoms. The zero-order valence-electron chi connectivity index (χ0n) is 11.0. The number of amides is 1. The molecule has 1 atom stereocenters. The summed E-state index contributed by atoms with van der Waals surface area (Å²) >= 11 is 0. The van der Waals surface area contributed by atoms with Gasteiger partial charge in [0.15, 0.2) is 0 Å². The highest BCUT2D eigenvalue weighted by atomic mass is 16.4. The first-order valence-electron chi connectivity index (χ1n) is 6.17. The van der Waals surface area contributed by atoms with Gasteiger partial charge in [-0.1, -0.05) is 30.3 Å². The lowest BCUT2D eigenvalue weighted by Crippen LogP contribution is -2.22. The van der Waals surface area contributed by atoms with Gasteiger partial charge >= 0.3 is 5.97 Å². The van der Waals surface area contributed by atoms with Gasteiger partial charge in [0.2, 0.25) is 0 Å². The van der Waals surface area contributed by atoms with E-state index >= 15 is 0 Å². The average Bonchev–Trinajstić information content (AvgIpc) is 2.94. The van der Waals surface area contributed by atoms with Crippen molar-refractivity contribution in [3.63, 3.8) is 0 Å². The van der Waals surface area contributed by atoms with Gasteiger partial charge in [0.05, 0.1) is 11.8 Å². The molecule has 0 aliphatic carbocycles. The van der Waals surface area contributed by atoms with Gasteiger partial charge in [-0.2, -0.15) is 5.10 Å². The minimum absolute atomic E-state index is 0.280. The molecule has 1 unspecified atom stereocenters. The van der Waals surface area contributed by atoms with E-state index in [0.29, 0.717) is 12.1 Å². The topological polar surface area (TPSA) is 84.2 Å². The molecule has 0 saturated heterocycles. The van der Waals surface area contributed by atoms with Crippen molar-refractivity contribution >= 4 is 11.9 Å². The van der Waals surface area contributed by atoms with E-state index in [2.05, 4.69) is 10.4 Å². The Hall–Kier alpha value is -2.63. The van der Waals surface area contributed by atoms with Crippen LogP contribution in [0.25, 0.3) is 0 Å². The largest absolute Gasteiger partial charge is 0.480 e. The number of carbonyl (C=O) groups is 2. The number of aliphatic carboxylic acids is 1. The molecular formula is C14H15N3O3. The van der Waals surface area contributed by atoms with E-state index in [1.807, 2.05) is 30.3 Å². The molecule has 1 heterocycles. The monoisotopic (exact) mass is 273 g/mol. The number of hydrogen-bond acceptors (Lipinski definition) is 3. The van der Waals surface area contributed by atoms with E-state index in [-0.39, 0.29) is 5.91 Å². The predicted octanol–water partition coefficient (Wildman–Crippen LogP) is 1.46. The molecule has 0 spiro atoms. The molecule has 2 N–H and O–H groups in total. The van der Waals surface area contributed by atoms with Crippen LogP contribution < -0.4 is 5.32 Å². The van der Waals surface area contributed by atoms with Crippen molar-refractivity contribution < 1.29 is 14.7 Å². The molecule has 0 bridgehead atoms. The van der Waals surface area contributed by atoms with Crippen molar-refractivity contribution in [3.8, 4) is 0 Å². The normalized spacial score (nSPS) is 11.8. The molecule has 2 rings (SSSR count). The summed E-state index contributed by atoms with van der Waals surface area (Å²) in [7, 11) is 0. The van der Waals surface area contributed by atoms with Crippen molar-refractivity contribution in [1.82, 2.24) is 15.1 Å². The number of hydrogen-bond donors (Lipinski definition) is 2. The molecule has 6 nitrogen and oxygen atoms in total. The molecule has 0 aliphatic rings. The first-order valence-corrected chi connectivity index (χ1v) is 6.17. The average molecular weight is 273 g/mol. The zero-order valence-corrected chi connectivity index (χ0v) is 11.0. The fraction of sp³-hybridized carbons (Fsp3) is 0.214. The molecule has 2 aromatic rings. The van der Waals surface area contributed by atoms with Gasteiger partial charge in [0, 0.05) is 12.7 Å². The van der Waals surface area contributed by atoms with Crippen molar-refractivity contribution in [3.05, 3.63) is 53.9 Å². The smallest absolute Gasteiger partial charge is 0.328 e. The standard InChI is InChI=1S/C14H15N3O3/c1-10(14(19)20)17-9-12(8-16-17)13(18)15-7-11-5-3-2-4-6-11/h2-6,8-10H,7H2,1H3,(H,15,18)(H,19,20). The Morgan fingerprint density at radius 3 is 2.70 bits per heavy atom. The van der Waals surface area contributed by atoms with Crippen molar-refractivity contribution in [2.75, 3.05) is 0 Å². The molecule has 20 heavy (non-hydrogen) atoms. The third-order valence-corrected chi connectivity index (χ3v) is 2.91. The third-order valence-electron chi connectivity index (χ3n) is 2.91. The number of nitrogens with one attached hydrogen (secondary N) is 1. The second kappa shape index (κ2) is 6.01. The predicted molar refractivity (Wildman–Crippen MR) is 72.2 cm³/mol. The van der Waals surface area contributed by atoms with Crippen molar-refractivity contribution in [2.24, 2.45) is 0 Å². The highest BCUT2D eigenvalue weighted by molar-refractivity contribution is 5.93. The fourth-order valence-electron chi connectivity index (χ4n) is 1.66. The van der Waals surface area contributed by atoms with Crippen molar-refractivity contribution in [1.29, 1.82) is 0 Å². The van der Waals surface area contributed by atoms with Crippen LogP contribution in [-0.4, -0.2) is 26.8 Å². The van der Waals surface area contributed by atoms with Crippen LogP contribution in [0.1, 0.15) is 28.9 Å². The maximum absolute atomic E-state index is 11.9. The van der Waals surface area contributed by atoms with E-state index in [9.17, 15) is 9.59 Å². The second-order valence-electron chi connectivity index (χ2n) is 4.39. The quantitative estimate of drug-likeness (QED) is 0.863. The lowest BCUT2D eigenvalue weighted by Gasteiger charge is -2.05. The van der Waals surface area contributed by atoms with Gasteiger partial charge in [0.1, 0.15) is 6.04 Å². The second-order valence-corrected chi connectivity index (χ2v) is 4.39. The van der Waals surface area contributed by atoms with E-state index in [1.165, 1.54) is 24.0 Å². The third kappa shape index (κ3) is 3.23. The minimum atomic E-state index is -0.996. The molecule has 1 amide bonds. The summed E-state index contributed by atoms with van der Waals surface area (Å²) in [6.45, 7) is 1.92. The van der Waals surface area contributed by atoms with Crippen LogP contribution in [0, 0.1) is 0 Å². The van der Waals surface area contributed by atoms with E-state index in [4.69, 9.17) is 5.11 Å². The van der Waals surface area contributed by atoms with E-state index in [0.717, 1.165) is 5.56 Å². The number of carboxylic acid groups (broad SMARTS) is 1. The first kappa shape index (κ1) is 13.8. The summed E-state index contributed by atoms with van der Waals surface area (Å²) in [4.78, 5) is 22.7. The lowest BCUT2D eigenvalue weighted by atomic mass is 10.2. The summed E-state index contributed by atoms with van der Waals surface area (Å²) in [5.74, 6) is -1.28. The molecule has 0 saturated carbocycles. The molecule has 0 fully saturated rings. The number of aromatic nitrogens is 2. The SMILES string of the molecule is CC(C(=O)O)n1cc(C(=O)NCc2ccccc2)cn1. The number of nitrogens with zero attached hydrogens (tertiary/aromatic N) is 2. The maximum Gasteiger partial charge on any atom is 0.328 e. The van der Waals surface area contributed by atoms with Gasteiger partial charge in [-0.15, -0.1) is 0 Å². The van der Waals surface area contributed by atoms with Gasteiger partial charge in [-0.25, -0.2) is 4.79 Å². The Morgan fingerprint density at radius 2 is 2.05 bits per heavy atom. The lowest BCUT2D eigenvalue weighted by molar-refractivity contribution is -0.140. The number of carboxylic acids is 1. The van der Waals surface area contributed by atoms with Crippen LogP contribution in [0.15, 0.2) is 42.7 Å². The number of benzene rings is 1. The molecular weight excluding hydrogens is 258 g/mol. The zero-order chi connectivity index (χ0) is 14.5. The maximum atomic E-state index is 11.9. The fourth-order valence-corrected chi connectivity index (χ4v) is 1.66. The van der Waals surface area contributed by atoms with Crippen LogP contribution in [0.4, 0.5) is 0 Å². The van der Waals surface area contributed by atoms with E-state index < -0.39 is 12.0 Å². The van der Waals surface area contributed by atoms with Gasteiger partial charge in [0.25, 0.3) is 5.91 Å². The summed E-state index contributed by atoms with van der Waals surface area (Å²) < 4.78 is 1.25. The Bertz CT molecular complexity index is 607. The number of rotatable bonds is 5. The Kier molecular flexibility index (Phi) is 4.14. The highest BCUT2D eigenvalue weighted by Gasteiger charge is 2.16. The molecule has 1 aromatic carbocycles. The van der Waals surface area contributed by atoms with E-state index in [1.54, 1.807) is 0 Å². The Morgan fingerprint density at radius 1 is 1.35 bits per heavy atom. The van der Waals surface area contributed by atoms with Crippen LogP contribution in [-0.2, 0) is 11.3 Å². The van der Waals surface area contributed by atoms with Gasteiger partial charge in [-0.3, -0.25) is 9.48 Å². The Balaban J connectivity index is 1.98. The van der Waals surface area contributed by atoms with Crippen LogP contribution in [0.2, 0.25) is 0 Å². The summed E-state index contributed by atoms with van der Waals surface area (Å²) in [6, 6.07) is 8.72. The molecule has 0 aliphatic heterocycles. The highest BCUT2D eigenvalue weighted by Crippen LogP contribution is 2.07. The number of carbonyl (C=O) groups excluding carboxylic acids is 1. The summed E-state index contributed by atoms with van der Waals surface area (Å²) in [5.41, 5.74) is 1.33. The van der Waals surface area contributed by atoms with Gasteiger partial charge < -0.3 is 10.4 Å². The van der Waals surface area contributed by atoms with Crippen LogP contribution in [0.3, 0.4) is 0 Å². The van der Waals surface area contributed by atoms with Crippen molar-refractivity contribution in [2.45, 2.75) is 19.5 Å². The summed E-state index contributed by atoms with van der Waals surface area (Å²) in [5, 5.41) is 15.5. The summed E-state index contributed by atoms with van der Waals surface area (Å²) in [6.07, 6.45) is 2.79.